The van der Waals surface area contributed by atoms with Gasteiger partial charge in [-0.1, -0.05) is 36.4 Å². The summed E-state index contributed by atoms with van der Waals surface area (Å²) in [5.41, 5.74) is 0. The second-order valence-corrected chi connectivity index (χ2v) is 5.86. The van der Waals surface area contributed by atoms with E-state index in [-0.39, 0.29) is 25.0 Å². The maximum atomic E-state index is 12.1. The molecule has 5 nitrogen and oxygen atoms in total. The molecule has 1 saturated carbocycles. The van der Waals surface area contributed by atoms with Gasteiger partial charge in [0.2, 0.25) is 5.91 Å². The highest BCUT2D eigenvalue weighted by atomic mass is 16.5. The average molecular weight is 312 g/mol. The Hall–Kier alpha value is -2.56. The van der Waals surface area contributed by atoms with E-state index in [0.717, 1.165) is 23.6 Å². The summed E-state index contributed by atoms with van der Waals surface area (Å²) in [6.07, 6.45) is 2.07. The molecule has 0 heterocycles. The molecule has 2 amide bonds. The summed E-state index contributed by atoms with van der Waals surface area (Å²) in [7, 11) is 1.61. The van der Waals surface area contributed by atoms with Crippen LogP contribution in [0.25, 0.3) is 10.8 Å². The molecule has 0 aromatic heterocycles. The topological polar surface area (TPSA) is 58.6 Å². The minimum Gasteiger partial charge on any atom is -0.483 e. The molecule has 0 bridgehead atoms. The molecule has 0 unspecified atom stereocenters. The highest BCUT2D eigenvalue weighted by Crippen LogP contribution is 2.25. The van der Waals surface area contributed by atoms with E-state index < -0.39 is 0 Å². The van der Waals surface area contributed by atoms with Crippen molar-refractivity contribution >= 4 is 22.6 Å². The number of nitrogens with zero attached hydrogens (tertiary/aromatic N) is 1. The van der Waals surface area contributed by atoms with E-state index in [0.29, 0.717) is 11.8 Å². The summed E-state index contributed by atoms with van der Waals surface area (Å²) in [6, 6.07) is 13.9. The van der Waals surface area contributed by atoms with Crippen molar-refractivity contribution in [3.05, 3.63) is 42.5 Å². The number of amides is 2. The fourth-order valence-corrected chi connectivity index (χ4v) is 2.38. The molecule has 1 N–H and O–H groups in total. The monoisotopic (exact) mass is 312 g/mol. The van der Waals surface area contributed by atoms with E-state index in [1.807, 2.05) is 42.5 Å². The van der Waals surface area contributed by atoms with Gasteiger partial charge in [-0.2, -0.15) is 0 Å². The summed E-state index contributed by atoms with van der Waals surface area (Å²) < 4.78 is 5.65. The normalized spacial score (nSPS) is 13.6. The van der Waals surface area contributed by atoms with Crippen molar-refractivity contribution in [3.8, 4) is 5.75 Å². The lowest BCUT2D eigenvalue weighted by molar-refractivity contribution is -0.136. The van der Waals surface area contributed by atoms with Crippen LogP contribution in [0.4, 0.5) is 0 Å². The molecule has 0 saturated heterocycles. The predicted molar refractivity (Wildman–Crippen MR) is 88.2 cm³/mol. The molecule has 1 aliphatic carbocycles. The van der Waals surface area contributed by atoms with E-state index in [2.05, 4.69) is 5.32 Å². The molecule has 23 heavy (non-hydrogen) atoms. The Bertz CT molecular complexity index is 720. The van der Waals surface area contributed by atoms with Crippen LogP contribution >= 0.6 is 0 Å². The van der Waals surface area contributed by atoms with E-state index in [1.165, 1.54) is 4.90 Å². The number of ether oxygens (including phenoxy) is 1. The van der Waals surface area contributed by atoms with E-state index in [1.54, 1.807) is 7.05 Å². The first-order chi connectivity index (χ1) is 11.1. The van der Waals surface area contributed by atoms with E-state index in [4.69, 9.17) is 4.74 Å². The quantitative estimate of drug-likeness (QED) is 0.887. The Balaban J connectivity index is 1.56. The van der Waals surface area contributed by atoms with Gasteiger partial charge in [0, 0.05) is 18.5 Å². The van der Waals surface area contributed by atoms with Crippen LogP contribution in [0, 0.1) is 0 Å². The van der Waals surface area contributed by atoms with Gasteiger partial charge in [-0.15, -0.1) is 0 Å². The maximum Gasteiger partial charge on any atom is 0.260 e. The Morgan fingerprint density at radius 2 is 1.91 bits per heavy atom. The number of hydrogen-bond donors (Lipinski definition) is 1. The minimum atomic E-state index is -0.219. The lowest BCUT2D eigenvalue weighted by atomic mass is 10.1. The van der Waals surface area contributed by atoms with Gasteiger partial charge in [0.25, 0.3) is 5.91 Å². The van der Waals surface area contributed by atoms with Gasteiger partial charge in [0.05, 0.1) is 6.54 Å². The molecule has 5 heteroatoms. The van der Waals surface area contributed by atoms with Crippen molar-refractivity contribution < 1.29 is 14.3 Å². The zero-order valence-corrected chi connectivity index (χ0v) is 13.1. The van der Waals surface area contributed by atoms with E-state index >= 15 is 0 Å². The summed E-state index contributed by atoms with van der Waals surface area (Å²) in [4.78, 5) is 25.2. The van der Waals surface area contributed by atoms with Gasteiger partial charge < -0.3 is 15.0 Å². The molecule has 0 spiro atoms. The molecular formula is C18H20N2O3. The Morgan fingerprint density at radius 1 is 1.17 bits per heavy atom. The number of nitrogens with one attached hydrogen (secondary N) is 1. The summed E-state index contributed by atoms with van der Waals surface area (Å²) >= 11 is 0. The molecule has 2 aromatic carbocycles. The van der Waals surface area contributed by atoms with Crippen LogP contribution in [-0.2, 0) is 9.59 Å². The van der Waals surface area contributed by atoms with Crippen LogP contribution in [0.15, 0.2) is 42.5 Å². The number of benzene rings is 2. The van der Waals surface area contributed by atoms with Crippen molar-refractivity contribution in [1.82, 2.24) is 10.2 Å². The van der Waals surface area contributed by atoms with Gasteiger partial charge in [0.1, 0.15) is 5.75 Å². The molecule has 1 aliphatic rings. The summed E-state index contributed by atoms with van der Waals surface area (Å²) in [6.45, 7) is -0.0184. The smallest absolute Gasteiger partial charge is 0.260 e. The lowest BCUT2D eigenvalue weighted by Gasteiger charge is -2.17. The third-order valence-electron chi connectivity index (χ3n) is 3.85. The first-order valence-electron chi connectivity index (χ1n) is 7.77. The zero-order chi connectivity index (χ0) is 16.2. The van der Waals surface area contributed by atoms with Gasteiger partial charge in [-0.05, 0) is 24.3 Å². The largest absolute Gasteiger partial charge is 0.483 e. The molecule has 0 radical (unpaired) electrons. The van der Waals surface area contributed by atoms with Crippen molar-refractivity contribution in [3.63, 3.8) is 0 Å². The molecule has 2 aromatic rings. The first-order valence-corrected chi connectivity index (χ1v) is 7.77. The van der Waals surface area contributed by atoms with Crippen LogP contribution in [-0.4, -0.2) is 43.0 Å². The SMILES string of the molecule is CN(CC(=O)NC1CC1)C(=O)COc1cccc2ccccc12. The molecule has 3 rings (SSSR count). The minimum absolute atomic E-state index is 0.0637. The van der Waals surface area contributed by atoms with Crippen molar-refractivity contribution in [2.75, 3.05) is 20.2 Å². The second-order valence-electron chi connectivity index (χ2n) is 5.86. The fourth-order valence-electron chi connectivity index (χ4n) is 2.38. The number of rotatable bonds is 6. The fraction of sp³-hybridized carbons (Fsp3) is 0.333. The van der Waals surface area contributed by atoms with Crippen LogP contribution in [0.2, 0.25) is 0 Å². The predicted octanol–water partition coefficient (Wildman–Crippen LogP) is 1.96. The zero-order valence-electron chi connectivity index (χ0n) is 13.1. The number of carbonyl (C=O) groups excluding carboxylic acids is 2. The van der Waals surface area contributed by atoms with Gasteiger partial charge in [-0.25, -0.2) is 0 Å². The third-order valence-corrected chi connectivity index (χ3v) is 3.85. The van der Waals surface area contributed by atoms with Crippen LogP contribution in [0.1, 0.15) is 12.8 Å². The van der Waals surface area contributed by atoms with Gasteiger partial charge in [-0.3, -0.25) is 9.59 Å². The average Bonchev–Trinajstić information content (AvgIpc) is 3.36. The highest BCUT2D eigenvalue weighted by molar-refractivity contribution is 5.89. The molecular weight excluding hydrogens is 292 g/mol. The molecule has 1 fully saturated rings. The Labute approximate surface area is 135 Å². The van der Waals surface area contributed by atoms with Crippen LogP contribution in [0.5, 0.6) is 5.75 Å². The summed E-state index contributed by atoms with van der Waals surface area (Å²) in [5.74, 6) is 0.338. The number of fused-ring (bicyclic) bond motifs is 1. The highest BCUT2D eigenvalue weighted by Gasteiger charge is 2.24. The van der Waals surface area contributed by atoms with Gasteiger partial charge >= 0.3 is 0 Å². The van der Waals surface area contributed by atoms with E-state index in [9.17, 15) is 9.59 Å². The first kappa shape index (κ1) is 15.3. The Kier molecular flexibility index (Phi) is 4.46. The molecule has 0 aliphatic heterocycles. The van der Waals surface area contributed by atoms with Crippen molar-refractivity contribution in [2.45, 2.75) is 18.9 Å². The molecule has 120 valence electrons. The summed E-state index contributed by atoms with van der Waals surface area (Å²) in [5, 5.41) is 4.90. The third kappa shape index (κ3) is 4.00. The van der Waals surface area contributed by atoms with Crippen LogP contribution < -0.4 is 10.1 Å². The van der Waals surface area contributed by atoms with Crippen molar-refractivity contribution in [1.29, 1.82) is 0 Å². The number of likely N-dealkylation sites (N-methyl/N-ethyl adjacent to an activating group) is 1. The van der Waals surface area contributed by atoms with Gasteiger partial charge in [0.15, 0.2) is 6.61 Å². The standard InChI is InChI=1S/C18H20N2O3/c1-20(11-17(21)19-14-9-10-14)18(22)12-23-16-8-4-6-13-5-2-3-7-15(13)16/h2-8,14H,9-12H2,1H3,(H,19,21). The maximum absolute atomic E-state index is 12.1. The molecule has 0 atom stereocenters. The number of carbonyl (C=O) groups is 2. The number of hydrogen-bond acceptors (Lipinski definition) is 3. The van der Waals surface area contributed by atoms with Crippen LogP contribution in [0.3, 0.4) is 0 Å². The lowest BCUT2D eigenvalue weighted by Crippen LogP contribution is -2.40. The Morgan fingerprint density at radius 3 is 2.70 bits per heavy atom. The second kappa shape index (κ2) is 6.69. The van der Waals surface area contributed by atoms with Crippen molar-refractivity contribution in [2.24, 2.45) is 0 Å².